The van der Waals surface area contributed by atoms with E-state index in [1.807, 2.05) is 6.92 Å². The second-order valence-corrected chi connectivity index (χ2v) is 3.46. The molecule has 0 unspecified atom stereocenters. The molecule has 4 atom stereocenters. The van der Waals surface area contributed by atoms with Crippen molar-refractivity contribution >= 4 is 11.9 Å². The quantitative estimate of drug-likeness (QED) is 0.453. The van der Waals surface area contributed by atoms with E-state index in [4.69, 9.17) is 10.2 Å². The number of carboxylic acid groups (broad SMARTS) is 2. The molecule has 0 heterocycles. The van der Waals surface area contributed by atoms with Crippen LogP contribution >= 0.6 is 0 Å². The van der Waals surface area contributed by atoms with Crippen molar-refractivity contribution in [2.75, 3.05) is 0 Å². The molecule has 5 nitrogen and oxygen atoms in total. The first kappa shape index (κ1) is 13.2. The van der Waals surface area contributed by atoms with Crippen molar-refractivity contribution in [3.63, 3.8) is 0 Å². The van der Waals surface area contributed by atoms with E-state index in [0.29, 0.717) is 6.42 Å². The van der Waals surface area contributed by atoms with Crippen LogP contribution in [-0.4, -0.2) is 28.2 Å². The van der Waals surface area contributed by atoms with Gasteiger partial charge in [-0.15, -0.1) is 0 Å². The summed E-state index contributed by atoms with van der Waals surface area (Å²) in [4.78, 5) is 21.2. The maximum atomic E-state index is 10.6. The first-order valence-electron chi connectivity index (χ1n) is 4.29. The first-order valence-corrected chi connectivity index (χ1v) is 4.29. The summed E-state index contributed by atoms with van der Waals surface area (Å²) in [6.45, 7) is 1.87. The highest BCUT2D eigenvalue weighted by atomic mass is 35.5. The SMILES string of the molecule is CC[C@H]1[C@H](C(=O)O)[C@H]1[C@H]([NH3+])C(=O)O.[Cl-]. The zero-order chi connectivity index (χ0) is 10.2. The van der Waals surface area contributed by atoms with Crippen molar-refractivity contribution in [1.82, 2.24) is 0 Å². The Morgan fingerprint density at radius 3 is 2.14 bits per heavy atom. The molecule has 0 radical (unpaired) electrons. The number of carbonyl (C=O) groups is 2. The monoisotopic (exact) mass is 223 g/mol. The maximum absolute atomic E-state index is 10.6. The summed E-state index contributed by atoms with van der Waals surface area (Å²) in [5.41, 5.74) is 3.47. The Balaban J connectivity index is 0.00000169. The van der Waals surface area contributed by atoms with Gasteiger partial charge in [-0.1, -0.05) is 13.3 Å². The van der Waals surface area contributed by atoms with Gasteiger partial charge in [0, 0.05) is 5.92 Å². The Labute approximate surface area is 87.7 Å². The Bertz CT molecular complexity index is 245. The van der Waals surface area contributed by atoms with Gasteiger partial charge < -0.3 is 28.4 Å². The molecule has 0 aromatic rings. The van der Waals surface area contributed by atoms with Gasteiger partial charge in [-0.05, 0) is 5.92 Å². The van der Waals surface area contributed by atoms with E-state index < -0.39 is 23.9 Å². The molecule has 0 amide bonds. The van der Waals surface area contributed by atoms with E-state index in [2.05, 4.69) is 5.73 Å². The van der Waals surface area contributed by atoms with E-state index >= 15 is 0 Å². The zero-order valence-electron chi connectivity index (χ0n) is 7.81. The molecule has 0 aliphatic heterocycles. The highest BCUT2D eigenvalue weighted by molar-refractivity contribution is 5.79. The molecule has 82 valence electrons. The first-order chi connectivity index (χ1) is 6.00. The molecule has 0 aromatic carbocycles. The third-order valence-electron chi connectivity index (χ3n) is 2.77. The Kier molecular flexibility index (Phi) is 4.35. The van der Waals surface area contributed by atoms with Gasteiger partial charge in [-0.25, -0.2) is 4.79 Å². The smallest absolute Gasteiger partial charge is 0.362 e. The van der Waals surface area contributed by atoms with Gasteiger partial charge >= 0.3 is 11.9 Å². The normalized spacial score (nSPS) is 31.4. The second kappa shape index (κ2) is 4.61. The lowest BCUT2D eigenvalue weighted by atomic mass is 10.1. The third-order valence-corrected chi connectivity index (χ3v) is 2.77. The van der Waals surface area contributed by atoms with Gasteiger partial charge in [0.25, 0.3) is 0 Å². The average Bonchev–Trinajstić information content (AvgIpc) is 2.76. The van der Waals surface area contributed by atoms with Gasteiger partial charge in [-0.3, -0.25) is 4.79 Å². The van der Waals surface area contributed by atoms with Crippen LogP contribution < -0.4 is 18.1 Å². The molecular formula is C8H14ClNO4. The van der Waals surface area contributed by atoms with Crippen LogP contribution in [-0.2, 0) is 9.59 Å². The van der Waals surface area contributed by atoms with Crippen LogP contribution in [0.4, 0.5) is 0 Å². The number of aliphatic carboxylic acids is 2. The average molecular weight is 224 g/mol. The fourth-order valence-electron chi connectivity index (χ4n) is 1.99. The van der Waals surface area contributed by atoms with Gasteiger partial charge in [-0.2, -0.15) is 0 Å². The van der Waals surface area contributed by atoms with Gasteiger partial charge in [0.1, 0.15) is 0 Å². The summed E-state index contributed by atoms with van der Waals surface area (Å²) in [5, 5.41) is 17.4. The summed E-state index contributed by atoms with van der Waals surface area (Å²) in [6.07, 6.45) is 0.709. The lowest BCUT2D eigenvalue weighted by Gasteiger charge is -1.99. The molecule has 1 saturated carbocycles. The minimum atomic E-state index is -1.01. The van der Waals surface area contributed by atoms with Crippen molar-refractivity contribution < 1.29 is 37.9 Å². The highest BCUT2D eigenvalue weighted by Crippen LogP contribution is 2.49. The van der Waals surface area contributed by atoms with Crippen LogP contribution in [0.5, 0.6) is 0 Å². The zero-order valence-corrected chi connectivity index (χ0v) is 8.57. The highest BCUT2D eigenvalue weighted by Gasteiger charge is 2.60. The third kappa shape index (κ3) is 2.16. The molecule has 5 N–H and O–H groups in total. The van der Waals surface area contributed by atoms with Crippen molar-refractivity contribution in [2.24, 2.45) is 17.8 Å². The lowest BCUT2D eigenvalue weighted by Crippen LogP contribution is -3.00. The number of hydrogen-bond acceptors (Lipinski definition) is 2. The van der Waals surface area contributed by atoms with E-state index in [1.54, 1.807) is 0 Å². The molecule has 14 heavy (non-hydrogen) atoms. The van der Waals surface area contributed by atoms with Crippen LogP contribution in [0.25, 0.3) is 0 Å². The summed E-state index contributed by atoms with van der Waals surface area (Å²) < 4.78 is 0. The van der Waals surface area contributed by atoms with Gasteiger partial charge in [0.05, 0.1) is 5.92 Å². The summed E-state index contributed by atoms with van der Waals surface area (Å²) in [6, 6.07) is -0.786. The van der Waals surface area contributed by atoms with Crippen molar-refractivity contribution in [3.05, 3.63) is 0 Å². The van der Waals surface area contributed by atoms with E-state index in [9.17, 15) is 9.59 Å². The summed E-state index contributed by atoms with van der Waals surface area (Å²) in [7, 11) is 0. The summed E-state index contributed by atoms with van der Waals surface area (Å²) >= 11 is 0. The van der Waals surface area contributed by atoms with E-state index in [-0.39, 0.29) is 24.2 Å². The molecule has 1 aliphatic carbocycles. The number of halogens is 1. The van der Waals surface area contributed by atoms with Crippen molar-refractivity contribution in [1.29, 1.82) is 0 Å². The lowest BCUT2D eigenvalue weighted by molar-refractivity contribution is -0.414. The number of hydrogen-bond donors (Lipinski definition) is 3. The summed E-state index contributed by atoms with van der Waals surface area (Å²) in [5.74, 6) is -2.68. The topological polar surface area (TPSA) is 102 Å². The standard InChI is InChI=1S/C8H13NO4.ClH/c1-2-3-4(5(3)7(10)11)6(9)8(12)13;/h3-6H,2,9H2,1H3,(H,10,11)(H,12,13);1H/t3-,4+,5+,6+;/m1./s1. The predicted molar refractivity (Wildman–Crippen MR) is 42.7 cm³/mol. The maximum Gasteiger partial charge on any atom is 0.362 e. The Morgan fingerprint density at radius 2 is 1.93 bits per heavy atom. The molecule has 1 rings (SSSR count). The Hall–Kier alpha value is -0.810. The van der Waals surface area contributed by atoms with E-state index in [0.717, 1.165) is 0 Å². The predicted octanol–water partition coefficient (Wildman–Crippen LogP) is -3.96. The van der Waals surface area contributed by atoms with Crippen LogP contribution in [0.15, 0.2) is 0 Å². The second-order valence-electron chi connectivity index (χ2n) is 3.46. The molecule has 0 aromatic heterocycles. The van der Waals surface area contributed by atoms with Crippen LogP contribution in [0.3, 0.4) is 0 Å². The number of carboxylic acids is 2. The fraction of sp³-hybridized carbons (Fsp3) is 0.750. The Morgan fingerprint density at radius 1 is 1.43 bits per heavy atom. The molecular weight excluding hydrogens is 210 g/mol. The minimum absolute atomic E-state index is 0. The van der Waals surface area contributed by atoms with Gasteiger partial charge in [0.15, 0.2) is 6.04 Å². The molecule has 1 fully saturated rings. The molecule has 6 heteroatoms. The van der Waals surface area contributed by atoms with Crippen LogP contribution in [0.1, 0.15) is 13.3 Å². The molecule has 0 bridgehead atoms. The van der Waals surface area contributed by atoms with Crippen molar-refractivity contribution in [3.8, 4) is 0 Å². The van der Waals surface area contributed by atoms with Gasteiger partial charge in [0.2, 0.25) is 0 Å². The van der Waals surface area contributed by atoms with Crippen LogP contribution in [0, 0.1) is 17.8 Å². The number of rotatable bonds is 4. The largest absolute Gasteiger partial charge is 1.00 e. The van der Waals surface area contributed by atoms with E-state index in [1.165, 1.54) is 0 Å². The minimum Gasteiger partial charge on any atom is -1.00 e. The molecule has 1 aliphatic rings. The molecule has 0 spiro atoms. The fourth-order valence-corrected chi connectivity index (χ4v) is 1.99. The molecule has 0 saturated heterocycles. The van der Waals surface area contributed by atoms with Crippen molar-refractivity contribution in [2.45, 2.75) is 19.4 Å². The van der Waals surface area contributed by atoms with Crippen LogP contribution in [0.2, 0.25) is 0 Å². The number of quaternary nitrogens is 1.